The van der Waals surface area contributed by atoms with Crippen LogP contribution in [0.25, 0.3) is 0 Å². The summed E-state index contributed by atoms with van der Waals surface area (Å²) in [6.07, 6.45) is 2.55. The average Bonchev–Trinajstić information content (AvgIpc) is 2.45. The van der Waals surface area contributed by atoms with Gasteiger partial charge in [-0.1, -0.05) is 30.3 Å². The molecule has 0 aliphatic carbocycles. The van der Waals surface area contributed by atoms with Crippen molar-refractivity contribution >= 4 is 5.91 Å². The van der Waals surface area contributed by atoms with Crippen molar-refractivity contribution in [2.45, 2.75) is 19.4 Å². The fraction of sp³-hybridized carbons (Fsp3) is 0.200. The average molecular weight is 256 g/mol. The molecule has 2 N–H and O–H groups in total. The number of nitrogens with zero attached hydrogens (tertiary/aromatic N) is 1. The lowest BCUT2D eigenvalue weighted by Crippen LogP contribution is -2.11. The Bertz CT molecular complexity index is 524. The molecule has 1 aromatic carbocycles. The molecule has 1 aromatic heterocycles. The number of carbonyl (C=O) groups is 1. The SMILES string of the molecule is NC(=O)CCc1ccc(OCc2ccccc2)cn1. The minimum Gasteiger partial charge on any atom is -0.487 e. The second-order valence-electron chi connectivity index (χ2n) is 4.23. The summed E-state index contributed by atoms with van der Waals surface area (Å²) in [5, 5.41) is 0. The quantitative estimate of drug-likeness (QED) is 0.860. The van der Waals surface area contributed by atoms with Crippen LogP contribution in [0, 0.1) is 0 Å². The van der Waals surface area contributed by atoms with Gasteiger partial charge in [-0.3, -0.25) is 9.78 Å². The molecule has 0 fully saturated rings. The van der Waals surface area contributed by atoms with Crippen LogP contribution in [0.4, 0.5) is 0 Å². The van der Waals surface area contributed by atoms with Gasteiger partial charge in [0.05, 0.1) is 6.20 Å². The van der Waals surface area contributed by atoms with Crippen molar-refractivity contribution < 1.29 is 9.53 Å². The number of pyridine rings is 1. The smallest absolute Gasteiger partial charge is 0.217 e. The third kappa shape index (κ3) is 4.43. The van der Waals surface area contributed by atoms with Crippen molar-refractivity contribution in [3.05, 3.63) is 59.9 Å². The predicted molar refractivity (Wildman–Crippen MR) is 72.5 cm³/mol. The summed E-state index contributed by atoms with van der Waals surface area (Å²) < 4.78 is 5.62. The highest BCUT2D eigenvalue weighted by atomic mass is 16.5. The summed E-state index contributed by atoms with van der Waals surface area (Å²) in [6.45, 7) is 0.517. The molecule has 0 atom stereocenters. The molecular weight excluding hydrogens is 240 g/mol. The summed E-state index contributed by atoms with van der Waals surface area (Å²) in [6, 6.07) is 13.6. The monoisotopic (exact) mass is 256 g/mol. The lowest BCUT2D eigenvalue weighted by atomic mass is 10.2. The van der Waals surface area contributed by atoms with E-state index < -0.39 is 0 Å². The largest absolute Gasteiger partial charge is 0.487 e. The van der Waals surface area contributed by atoms with Gasteiger partial charge >= 0.3 is 0 Å². The minimum atomic E-state index is -0.314. The van der Waals surface area contributed by atoms with Crippen molar-refractivity contribution in [3.8, 4) is 5.75 Å². The first-order chi connectivity index (χ1) is 9.24. The normalized spacial score (nSPS) is 10.1. The predicted octanol–water partition coefficient (Wildman–Crippen LogP) is 2.08. The van der Waals surface area contributed by atoms with E-state index in [2.05, 4.69) is 4.98 Å². The third-order valence-electron chi connectivity index (χ3n) is 2.67. The van der Waals surface area contributed by atoms with Crippen molar-refractivity contribution in [2.24, 2.45) is 5.73 Å². The number of nitrogens with two attached hydrogens (primary N) is 1. The zero-order valence-corrected chi connectivity index (χ0v) is 10.6. The lowest BCUT2D eigenvalue weighted by molar-refractivity contribution is -0.118. The highest BCUT2D eigenvalue weighted by Gasteiger charge is 2.00. The Hall–Kier alpha value is -2.36. The number of amides is 1. The van der Waals surface area contributed by atoms with Crippen molar-refractivity contribution in [1.29, 1.82) is 0 Å². The molecule has 0 saturated heterocycles. The summed E-state index contributed by atoms with van der Waals surface area (Å²) >= 11 is 0. The van der Waals surface area contributed by atoms with E-state index >= 15 is 0 Å². The van der Waals surface area contributed by atoms with Gasteiger partial charge in [-0.2, -0.15) is 0 Å². The summed E-state index contributed by atoms with van der Waals surface area (Å²) in [4.78, 5) is 14.9. The van der Waals surface area contributed by atoms with E-state index in [0.29, 0.717) is 25.2 Å². The van der Waals surface area contributed by atoms with Gasteiger partial charge in [0.2, 0.25) is 5.91 Å². The second-order valence-corrected chi connectivity index (χ2v) is 4.23. The first-order valence-electron chi connectivity index (χ1n) is 6.14. The summed E-state index contributed by atoms with van der Waals surface area (Å²) in [7, 11) is 0. The standard InChI is InChI=1S/C15H16N2O2/c16-15(18)9-7-13-6-8-14(10-17-13)19-11-12-4-2-1-3-5-12/h1-6,8,10H,7,9,11H2,(H2,16,18). The van der Waals surface area contributed by atoms with E-state index in [0.717, 1.165) is 11.3 Å². The number of carbonyl (C=O) groups excluding carboxylic acids is 1. The zero-order chi connectivity index (χ0) is 13.5. The van der Waals surface area contributed by atoms with Crippen LogP contribution in [0.15, 0.2) is 48.7 Å². The second kappa shape index (κ2) is 6.54. The lowest BCUT2D eigenvalue weighted by Gasteiger charge is -2.06. The van der Waals surface area contributed by atoms with Crippen LogP contribution < -0.4 is 10.5 Å². The van der Waals surface area contributed by atoms with Gasteiger partial charge in [0.1, 0.15) is 12.4 Å². The van der Waals surface area contributed by atoms with Crippen molar-refractivity contribution in [3.63, 3.8) is 0 Å². The Kier molecular flexibility index (Phi) is 4.50. The minimum absolute atomic E-state index is 0.314. The molecule has 0 saturated carbocycles. The van der Waals surface area contributed by atoms with Gasteiger partial charge < -0.3 is 10.5 Å². The Morgan fingerprint density at radius 2 is 1.95 bits per heavy atom. The number of benzene rings is 1. The highest BCUT2D eigenvalue weighted by Crippen LogP contribution is 2.12. The van der Waals surface area contributed by atoms with Gasteiger partial charge in [0.25, 0.3) is 0 Å². The van der Waals surface area contributed by atoms with Crippen LogP contribution in [0.3, 0.4) is 0 Å². The van der Waals surface area contributed by atoms with Gasteiger partial charge in [0.15, 0.2) is 0 Å². The van der Waals surface area contributed by atoms with E-state index in [1.54, 1.807) is 6.20 Å². The zero-order valence-electron chi connectivity index (χ0n) is 10.6. The Balaban J connectivity index is 1.86. The molecule has 4 nitrogen and oxygen atoms in total. The van der Waals surface area contributed by atoms with E-state index in [4.69, 9.17) is 10.5 Å². The number of hydrogen-bond acceptors (Lipinski definition) is 3. The molecule has 0 unspecified atom stereocenters. The topological polar surface area (TPSA) is 65.2 Å². The molecule has 0 bridgehead atoms. The van der Waals surface area contributed by atoms with Crippen LogP contribution in [0.2, 0.25) is 0 Å². The first kappa shape index (κ1) is 13.1. The number of aromatic nitrogens is 1. The first-order valence-corrected chi connectivity index (χ1v) is 6.14. The molecule has 2 aromatic rings. The van der Waals surface area contributed by atoms with E-state index in [9.17, 15) is 4.79 Å². The number of ether oxygens (including phenoxy) is 1. The van der Waals surface area contributed by atoms with Crippen molar-refractivity contribution in [1.82, 2.24) is 4.98 Å². The number of primary amides is 1. The maximum absolute atomic E-state index is 10.7. The molecule has 1 amide bonds. The van der Waals surface area contributed by atoms with Crippen LogP contribution >= 0.6 is 0 Å². The Labute approximate surface area is 112 Å². The van der Waals surface area contributed by atoms with Gasteiger partial charge in [0, 0.05) is 12.1 Å². The molecule has 19 heavy (non-hydrogen) atoms. The Morgan fingerprint density at radius 1 is 1.16 bits per heavy atom. The molecule has 2 rings (SSSR count). The maximum Gasteiger partial charge on any atom is 0.217 e. The highest BCUT2D eigenvalue weighted by molar-refractivity contribution is 5.73. The molecule has 0 radical (unpaired) electrons. The third-order valence-corrected chi connectivity index (χ3v) is 2.67. The fourth-order valence-electron chi connectivity index (χ4n) is 1.64. The molecule has 0 aliphatic rings. The van der Waals surface area contributed by atoms with Crippen LogP contribution in [0.1, 0.15) is 17.7 Å². The molecule has 4 heteroatoms. The molecule has 0 aliphatic heterocycles. The number of hydrogen-bond donors (Lipinski definition) is 1. The van der Waals surface area contributed by atoms with E-state index in [1.807, 2.05) is 42.5 Å². The number of aryl methyl sites for hydroxylation is 1. The molecular formula is C15H16N2O2. The molecule has 1 heterocycles. The molecule has 0 spiro atoms. The van der Waals surface area contributed by atoms with Gasteiger partial charge in [-0.25, -0.2) is 0 Å². The van der Waals surface area contributed by atoms with Crippen LogP contribution in [-0.2, 0) is 17.8 Å². The Morgan fingerprint density at radius 3 is 2.58 bits per heavy atom. The summed E-state index contributed by atoms with van der Waals surface area (Å²) in [5.74, 6) is 0.401. The van der Waals surface area contributed by atoms with Gasteiger partial charge in [-0.05, 0) is 24.1 Å². The van der Waals surface area contributed by atoms with Gasteiger partial charge in [-0.15, -0.1) is 0 Å². The molecule has 98 valence electrons. The maximum atomic E-state index is 10.7. The van der Waals surface area contributed by atoms with E-state index in [1.165, 1.54) is 0 Å². The number of rotatable bonds is 6. The van der Waals surface area contributed by atoms with Crippen LogP contribution in [0.5, 0.6) is 5.75 Å². The van der Waals surface area contributed by atoms with Crippen LogP contribution in [-0.4, -0.2) is 10.9 Å². The fourth-order valence-corrected chi connectivity index (χ4v) is 1.64. The van der Waals surface area contributed by atoms with E-state index in [-0.39, 0.29) is 5.91 Å². The van der Waals surface area contributed by atoms with Crippen molar-refractivity contribution in [2.75, 3.05) is 0 Å². The summed E-state index contributed by atoms with van der Waals surface area (Å²) in [5.41, 5.74) is 7.04.